The van der Waals surface area contributed by atoms with Crippen molar-refractivity contribution in [2.75, 3.05) is 0 Å². The molecule has 0 heterocycles. The average Bonchev–Trinajstić information content (AvgIpc) is 1.39. The quantitative estimate of drug-likeness (QED) is 0.362. The molecule has 0 atom stereocenters. The first-order chi connectivity index (χ1) is 2.83. The summed E-state index contributed by atoms with van der Waals surface area (Å²) >= 11 is 4.27. The molecule has 0 spiro atoms. The molecule has 0 saturated carbocycles. The summed E-state index contributed by atoms with van der Waals surface area (Å²) in [5.74, 6) is 0. The summed E-state index contributed by atoms with van der Waals surface area (Å²) in [5.41, 5.74) is 0. The van der Waals surface area contributed by atoms with Crippen molar-refractivity contribution in [2.45, 2.75) is 6.92 Å². The summed E-state index contributed by atoms with van der Waals surface area (Å²) < 4.78 is 16.7. The van der Waals surface area contributed by atoms with E-state index in [0.717, 1.165) is 0 Å². The third kappa shape index (κ3) is 2790. The summed E-state index contributed by atoms with van der Waals surface area (Å²) in [5, 5.41) is 1.58. The Balaban J connectivity index is 0. The fourth-order valence-electron chi connectivity index (χ4n) is 0. The van der Waals surface area contributed by atoms with Gasteiger partial charge in [0.15, 0.2) is 0 Å². The van der Waals surface area contributed by atoms with Crippen LogP contribution in [0.2, 0.25) is 0 Å². The Kier molecular flexibility index (Phi) is 30.5. The van der Waals surface area contributed by atoms with Gasteiger partial charge in [-0.15, -0.1) is 0 Å². The number of rotatable bonds is 0. The molecular formula is C2H4O2PS+. The van der Waals surface area contributed by atoms with Crippen LogP contribution in [0.4, 0.5) is 0 Å². The predicted octanol–water partition coefficient (Wildman–Crippen LogP) is 1.63. The zero-order valence-corrected chi connectivity index (χ0v) is 4.96. The van der Waals surface area contributed by atoms with Crippen LogP contribution in [0, 0.1) is 0 Å². The second-order valence-electron chi connectivity index (χ2n) is 0.310. The molecule has 34 valence electrons. The Labute approximate surface area is 42.8 Å². The van der Waals surface area contributed by atoms with Gasteiger partial charge in [-0.25, -0.2) is 0 Å². The molecule has 0 aliphatic carbocycles. The topological polar surface area (TPSA) is 34.1 Å². The molecular weight excluding hydrogens is 119 g/mol. The monoisotopic (exact) mass is 123 g/mol. The van der Waals surface area contributed by atoms with Crippen molar-refractivity contribution < 1.29 is 9.13 Å². The van der Waals surface area contributed by atoms with Gasteiger partial charge in [-0.05, 0) is 12.3 Å². The van der Waals surface area contributed by atoms with E-state index in [1.54, 1.807) is 5.37 Å². The zero-order chi connectivity index (χ0) is 5.41. The number of hydrogen-bond acceptors (Lipinski definition) is 3. The summed E-state index contributed by atoms with van der Waals surface area (Å²) in [6, 6.07) is 0. The van der Waals surface area contributed by atoms with E-state index in [4.69, 9.17) is 9.13 Å². The molecule has 0 aromatic heterocycles. The van der Waals surface area contributed by atoms with Crippen molar-refractivity contribution in [3.05, 3.63) is 0 Å². The van der Waals surface area contributed by atoms with Gasteiger partial charge in [0.25, 0.3) is 0 Å². The Bertz CT molecular complexity index is 56.6. The Hall–Kier alpha value is 0.120. The van der Waals surface area contributed by atoms with Crippen molar-refractivity contribution in [3.8, 4) is 0 Å². The van der Waals surface area contributed by atoms with Gasteiger partial charge in [-0.3, -0.25) is 0 Å². The molecule has 4 heteroatoms. The van der Waals surface area contributed by atoms with Gasteiger partial charge in [0.05, 0.1) is 0 Å². The van der Waals surface area contributed by atoms with Crippen molar-refractivity contribution in [3.63, 3.8) is 0 Å². The second kappa shape index (κ2) is 19.3. The molecule has 0 amide bonds. The molecule has 0 bridgehead atoms. The molecule has 0 rings (SSSR count). The van der Waals surface area contributed by atoms with Crippen molar-refractivity contribution >= 4 is 25.9 Å². The van der Waals surface area contributed by atoms with E-state index in [2.05, 4.69) is 12.2 Å². The normalized spacial score (nSPS) is 3.50. The first-order valence-corrected chi connectivity index (χ1v) is 2.38. The Morgan fingerprint density at radius 2 is 1.67 bits per heavy atom. The molecule has 2 nitrogen and oxygen atoms in total. The molecule has 0 radical (unpaired) electrons. The van der Waals surface area contributed by atoms with Crippen molar-refractivity contribution in [1.29, 1.82) is 0 Å². The van der Waals surface area contributed by atoms with E-state index in [1.165, 1.54) is 0 Å². The van der Waals surface area contributed by atoms with Crippen molar-refractivity contribution in [2.24, 2.45) is 0 Å². The number of hydrogen-bond donors (Lipinski definition) is 0. The van der Waals surface area contributed by atoms with Crippen LogP contribution in [0.3, 0.4) is 0 Å². The summed E-state index contributed by atoms with van der Waals surface area (Å²) in [4.78, 5) is 0. The van der Waals surface area contributed by atoms with E-state index in [9.17, 15) is 0 Å². The first-order valence-electron chi connectivity index (χ1n) is 1.18. The van der Waals surface area contributed by atoms with Crippen LogP contribution in [0.15, 0.2) is 0 Å². The molecule has 0 saturated heterocycles. The van der Waals surface area contributed by atoms with E-state index < -0.39 is 8.34 Å². The molecule has 0 aromatic carbocycles. The fraction of sp³-hybridized carbons (Fsp3) is 0.500. The predicted molar refractivity (Wildman–Crippen MR) is 27.6 cm³/mol. The molecule has 0 aromatic rings. The van der Waals surface area contributed by atoms with Crippen LogP contribution in [0.25, 0.3) is 0 Å². The molecule has 0 aliphatic heterocycles. The van der Waals surface area contributed by atoms with Crippen molar-refractivity contribution in [1.82, 2.24) is 0 Å². The van der Waals surface area contributed by atoms with Crippen LogP contribution in [-0.4, -0.2) is 5.37 Å². The summed E-state index contributed by atoms with van der Waals surface area (Å²) in [7, 11) is -1.08. The first kappa shape index (κ1) is 9.45. The molecule has 0 aliphatic rings. The van der Waals surface area contributed by atoms with E-state index >= 15 is 0 Å². The standard InChI is InChI=1S/C2H4S.O2P/c1-2-3;1-3-2/h2H,1H3;/q;+1. The van der Waals surface area contributed by atoms with Gasteiger partial charge in [0.2, 0.25) is 0 Å². The third-order valence-corrected chi connectivity index (χ3v) is 0. The third-order valence-electron chi connectivity index (χ3n) is 0. The fourth-order valence-corrected chi connectivity index (χ4v) is 0. The van der Waals surface area contributed by atoms with Crippen LogP contribution in [0.1, 0.15) is 6.92 Å². The summed E-state index contributed by atoms with van der Waals surface area (Å²) in [6.45, 7) is 1.81. The maximum absolute atomic E-state index is 8.35. The van der Waals surface area contributed by atoms with E-state index in [1.807, 2.05) is 6.92 Å². The molecule has 0 N–H and O–H groups in total. The average molecular weight is 123 g/mol. The molecule has 0 fully saturated rings. The second-order valence-corrected chi connectivity index (χ2v) is 0.931. The van der Waals surface area contributed by atoms with Crippen LogP contribution in [-0.2, 0) is 9.13 Å². The Morgan fingerprint density at radius 3 is 1.67 bits per heavy atom. The Morgan fingerprint density at radius 1 is 1.67 bits per heavy atom. The number of thiocarbonyl (C=S) groups is 1. The minimum absolute atomic E-state index is 1.08. The molecule has 6 heavy (non-hydrogen) atoms. The van der Waals surface area contributed by atoms with Crippen LogP contribution >= 0.6 is 20.6 Å². The maximum atomic E-state index is 8.35. The summed E-state index contributed by atoms with van der Waals surface area (Å²) in [6.07, 6.45) is 0. The van der Waals surface area contributed by atoms with Gasteiger partial charge in [0.1, 0.15) is 0 Å². The van der Waals surface area contributed by atoms with Gasteiger partial charge in [-0.2, -0.15) is 0 Å². The van der Waals surface area contributed by atoms with E-state index in [0.29, 0.717) is 0 Å². The van der Waals surface area contributed by atoms with Gasteiger partial charge in [0, 0.05) is 0 Å². The minimum atomic E-state index is -1.08. The SMILES string of the molecule is CC=S.O=[P+]=O. The van der Waals surface area contributed by atoms with Crippen LogP contribution < -0.4 is 0 Å². The van der Waals surface area contributed by atoms with E-state index in [-0.39, 0.29) is 0 Å². The van der Waals surface area contributed by atoms with Crippen LogP contribution in [0.5, 0.6) is 0 Å². The molecule has 0 unspecified atom stereocenters. The zero-order valence-electron chi connectivity index (χ0n) is 3.25. The van der Waals surface area contributed by atoms with Gasteiger partial charge in [-0.1, -0.05) is 12.2 Å². The van der Waals surface area contributed by atoms with Gasteiger partial charge < -0.3 is 0 Å². The van der Waals surface area contributed by atoms with Gasteiger partial charge >= 0.3 is 17.5 Å².